The lowest BCUT2D eigenvalue weighted by atomic mass is 9.87. The van der Waals surface area contributed by atoms with Crippen molar-refractivity contribution in [2.45, 2.75) is 43.5 Å². The van der Waals surface area contributed by atoms with Crippen molar-refractivity contribution in [2.75, 3.05) is 5.73 Å². The number of anilines is 1. The first-order valence-electron chi connectivity index (χ1n) is 6.58. The molecule has 1 aliphatic carbocycles. The Kier molecular flexibility index (Phi) is 4.56. The Hall–Kier alpha value is -0.850. The second kappa shape index (κ2) is 5.87. The normalized spacial score (nSPS) is 23.8. The SMILES string of the molecule is CC1CCCCC1NS(=O)(=O)c1cc(Cl)cc(N)c1F. The van der Waals surface area contributed by atoms with Crippen LogP contribution in [0.5, 0.6) is 0 Å². The highest BCUT2D eigenvalue weighted by Gasteiger charge is 2.29. The molecule has 0 aliphatic heterocycles. The molecule has 1 aromatic rings. The van der Waals surface area contributed by atoms with Crippen molar-refractivity contribution in [1.29, 1.82) is 0 Å². The average molecular weight is 321 g/mol. The first-order valence-corrected chi connectivity index (χ1v) is 8.44. The Bertz CT molecular complexity index is 607. The van der Waals surface area contributed by atoms with E-state index < -0.39 is 20.7 Å². The fourth-order valence-electron chi connectivity index (χ4n) is 2.53. The van der Waals surface area contributed by atoms with Gasteiger partial charge in [0.1, 0.15) is 4.90 Å². The van der Waals surface area contributed by atoms with E-state index in [1.54, 1.807) is 0 Å². The van der Waals surface area contributed by atoms with Crippen LogP contribution in [0.3, 0.4) is 0 Å². The fraction of sp³-hybridized carbons (Fsp3) is 0.538. The fourth-order valence-corrected chi connectivity index (χ4v) is 4.34. The van der Waals surface area contributed by atoms with Crippen molar-refractivity contribution in [3.05, 3.63) is 23.0 Å². The number of sulfonamides is 1. The molecular formula is C13H18ClFN2O2S. The Morgan fingerprint density at radius 2 is 2.00 bits per heavy atom. The molecule has 0 bridgehead atoms. The van der Waals surface area contributed by atoms with E-state index in [1.807, 2.05) is 6.92 Å². The number of nitrogens with two attached hydrogens (primary N) is 1. The van der Waals surface area contributed by atoms with Crippen LogP contribution in [0, 0.1) is 11.7 Å². The zero-order valence-electron chi connectivity index (χ0n) is 11.2. The van der Waals surface area contributed by atoms with E-state index in [0.717, 1.165) is 31.7 Å². The predicted octanol–water partition coefficient (Wildman–Crippen LogP) is 2.92. The van der Waals surface area contributed by atoms with E-state index in [4.69, 9.17) is 17.3 Å². The Balaban J connectivity index is 2.31. The maximum absolute atomic E-state index is 13.9. The first-order chi connectivity index (χ1) is 9.31. The third kappa shape index (κ3) is 3.24. The molecule has 112 valence electrons. The molecule has 4 nitrogen and oxygen atoms in total. The highest BCUT2D eigenvalue weighted by atomic mass is 35.5. The lowest BCUT2D eigenvalue weighted by molar-refractivity contribution is 0.310. The highest BCUT2D eigenvalue weighted by molar-refractivity contribution is 7.89. The minimum absolute atomic E-state index is 0.0981. The second-order valence-electron chi connectivity index (χ2n) is 5.30. The van der Waals surface area contributed by atoms with Gasteiger partial charge in [-0.2, -0.15) is 0 Å². The molecule has 3 N–H and O–H groups in total. The summed E-state index contributed by atoms with van der Waals surface area (Å²) in [7, 11) is -3.96. The van der Waals surface area contributed by atoms with Gasteiger partial charge in [0, 0.05) is 11.1 Å². The second-order valence-corrected chi connectivity index (χ2v) is 7.42. The van der Waals surface area contributed by atoms with Crippen LogP contribution in [-0.4, -0.2) is 14.5 Å². The van der Waals surface area contributed by atoms with Crippen LogP contribution in [0.1, 0.15) is 32.6 Å². The van der Waals surface area contributed by atoms with Gasteiger partial charge in [-0.1, -0.05) is 31.4 Å². The highest BCUT2D eigenvalue weighted by Crippen LogP contribution is 2.28. The van der Waals surface area contributed by atoms with Gasteiger partial charge in [0.2, 0.25) is 10.0 Å². The summed E-state index contributed by atoms with van der Waals surface area (Å²) in [6, 6.07) is 2.11. The average Bonchev–Trinajstić information content (AvgIpc) is 2.36. The van der Waals surface area contributed by atoms with Gasteiger partial charge in [0.25, 0.3) is 0 Å². The van der Waals surface area contributed by atoms with Gasteiger partial charge in [0.05, 0.1) is 5.69 Å². The molecule has 0 heterocycles. The molecule has 0 saturated heterocycles. The van der Waals surface area contributed by atoms with E-state index in [-0.39, 0.29) is 22.7 Å². The van der Waals surface area contributed by atoms with Crippen molar-refractivity contribution < 1.29 is 12.8 Å². The minimum Gasteiger partial charge on any atom is -0.396 e. The summed E-state index contributed by atoms with van der Waals surface area (Å²) in [6.45, 7) is 2.00. The van der Waals surface area contributed by atoms with Crippen molar-refractivity contribution >= 4 is 27.3 Å². The van der Waals surface area contributed by atoms with Crippen LogP contribution in [-0.2, 0) is 10.0 Å². The Morgan fingerprint density at radius 3 is 2.65 bits per heavy atom. The van der Waals surface area contributed by atoms with Crippen molar-refractivity contribution in [2.24, 2.45) is 5.92 Å². The molecular weight excluding hydrogens is 303 g/mol. The quantitative estimate of drug-likeness (QED) is 0.841. The smallest absolute Gasteiger partial charge is 0.243 e. The van der Waals surface area contributed by atoms with Gasteiger partial charge in [-0.3, -0.25) is 0 Å². The summed E-state index contributed by atoms with van der Waals surface area (Å²) < 4.78 is 41.1. The molecule has 2 atom stereocenters. The van der Waals surface area contributed by atoms with Crippen molar-refractivity contribution in [3.63, 3.8) is 0 Å². The predicted molar refractivity (Wildman–Crippen MR) is 77.6 cm³/mol. The molecule has 0 radical (unpaired) electrons. The van der Waals surface area contributed by atoms with Gasteiger partial charge in [-0.15, -0.1) is 0 Å². The Labute approximate surface area is 123 Å². The molecule has 1 saturated carbocycles. The number of hydrogen-bond donors (Lipinski definition) is 2. The van der Waals surface area contributed by atoms with Crippen LogP contribution >= 0.6 is 11.6 Å². The summed E-state index contributed by atoms with van der Waals surface area (Å²) in [6.07, 6.45) is 3.79. The summed E-state index contributed by atoms with van der Waals surface area (Å²) in [5.74, 6) is -0.719. The van der Waals surface area contributed by atoms with E-state index >= 15 is 0 Å². The molecule has 0 spiro atoms. The van der Waals surface area contributed by atoms with Gasteiger partial charge in [0.15, 0.2) is 5.82 Å². The van der Waals surface area contributed by atoms with Gasteiger partial charge < -0.3 is 5.73 Å². The lowest BCUT2D eigenvalue weighted by Gasteiger charge is -2.29. The molecule has 1 aliphatic rings. The maximum Gasteiger partial charge on any atom is 0.243 e. The molecule has 1 aromatic carbocycles. The van der Waals surface area contributed by atoms with Crippen LogP contribution in [0.15, 0.2) is 17.0 Å². The summed E-state index contributed by atoms with van der Waals surface area (Å²) in [4.78, 5) is -0.486. The van der Waals surface area contributed by atoms with Gasteiger partial charge >= 0.3 is 0 Å². The van der Waals surface area contributed by atoms with E-state index in [9.17, 15) is 12.8 Å². The van der Waals surface area contributed by atoms with Gasteiger partial charge in [-0.05, 0) is 30.9 Å². The monoisotopic (exact) mass is 320 g/mol. The topological polar surface area (TPSA) is 72.2 Å². The maximum atomic E-state index is 13.9. The summed E-state index contributed by atoms with van der Waals surface area (Å²) >= 11 is 5.76. The third-order valence-electron chi connectivity index (χ3n) is 3.74. The number of nitrogen functional groups attached to an aromatic ring is 1. The largest absolute Gasteiger partial charge is 0.396 e. The standard InChI is InChI=1S/C13H18ClFN2O2S/c1-8-4-2-3-5-11(8)17-20(18,19)12-7-9(14)6-10(16)13(12)15/h6-8,11,17H,2-5,16H2,1H3. The number of halogens is 2. The van der Waals surface area contributed by atoms with Crippen LogP contribution in [0.4, 0.5) is 10.1 Å². The van der Waals surface area contributed by atoms with E-state index in [2.05, 4.69) is 4.72 Å². The summed E-state index contributed by atoms with van der Waals surface area (Å²) in [5, 5.41) is 0.0981. The molecule has 0 amide bonds. The third-order valence-corrected chi connectivity index (χ3v) is 5.45. The van der Waals surface area contributed by atoms with E-state index in [0.29, 0.717) is 0 Å². The number of benzene rings is 1. The van der Waals surface area contributed by atoms with Crippen molar-refractivity contribution in [1.82, 2.24) is 4.72 Å². The zero-order chi connectivity index (χ0) is 14.9. The van der Waals surface area contributed by atoms with Crippen LogP contribution < -0.4 is 10.5 Å². The molecule has 1 fully saturated rings. The zero-order valence-corrected chi connectivity index (χ0v) is 12.8. The number of rotatable bonds is 3. The van der Waals surface area contributed by atoms with Crippen LogP contribution in [0.2, 0.25) is 5.02 Å². The molecule has 7 heteroatoms. The van der Waals surface area contributed by atoms with Crippen LogP contribution in [0.25, 0.3) is 0 Å². The molecule has 20 heavy (non-hydrogen) atoms. The lowest BCUT2D eigenvalue weighted by Crippen LogP contribution is -2.41. The van der Waals surface area contributed by atoms with Crippen molar-refractivity contribution in [3.8, 4) is 0 Å². The molecule has 0 aromatic heterocycles. The summed E-state index contributed by atoms with van der Waals surface area (Å²) in [5.41, 5.74) is 5.16. The Morgan fingerprint density at radius 1 is 1.35 bits per heavy atom. The number of hydrogen-bond acceptors (Lipinski definition) is 3. The first kappa shape index (κ1) is 15.5. The molecule has 2 unspecified atom stereocenters. The number of nitrogens with one attached hydrogen (secondary N) is 1. The minimum atomic E-state index is -3.96. The van der Waals surface area contributed by atoms with Gasteiger partial charge in [-0.25, -0.2) is 17.5 Å². The van der Waals surface area contributed by atoms with E-state index in [1.165, 1.54) is 6.07 Å². The molecule has 2 rings (SSSR count).